The Kier molecular flexibility index (Phi) is 5.50. The van der Waals surface area contributed by atoms with Gasteiger partial charge in [-0.3, -0.25) is 4.98 Å². The summed E-state index contributed by atoms with van der Waals surface area (Å²) in [4.78, 5) is 4.74. The van der Waals surface area contributed by atoms with Crippen LogP contribution in [0.15, 0.2) is 82.7 Å². The molecule has 0 aliphatic carbocycles. The summed E-state index contributed by atoms with van der Waals surface area (Å²) < 4.78 is 27.0. The van der Waals surface area contributed by atoms with Gasteiger partial charge < -0.3 is 5.32 Å². The Balaban J connectivity index is 1.96. The molecular weight excluding hydrogens is 416 g/mol. The molecule has 1 heterocycles. The number of hydrogen-bond acceptors (Lipinski definition) is 4. The van der Waals surface area contributed by atoms with Gasteiger partial charge in [0.05, 0.1) is 16.1 Å². The van der Waals surface area contributed by atoms with Crippen molar-refractivity contribution in [3.05, 3.63) is 89.1 Å². The van der Waals surface area contributed by atoms with Crippen LogP contribution < -0.4 is 5.32 Å². The highest BCUT2D eigenvalue weighted by Crippen LogP contribution is 2.36. The van der Waals surface area contributed by atoms with Crippen LogP contribution in [0.3, 0.4) is 0 Å². The summed E-state index contributed by atoms with van der Waals surface area (Å²) in [6.07, 6.45) is 2.27. The summed E-state index contributed by atoms with van der Waals surface area (Å²) in [5.41, 5.74) is 4.30. The van der Waals surface area contributed by atoms with Crippen molar-refractivity contribution in [2.45, 2.75) is 30.1 Å². The number of aryl methyl sites for hydroxylation is 2. The summed E-state index contributed by atoms with van der Waals surface area (Å²) in [6, 6.07) is 19.9. The van der Waals surface area contributed by atoms with Crippen molar-refractivity contribution < 1.29 is 8.42 Å². The van der Waals surface area contributed by atoms with E-state index in [1.54, 1.807) is 12.1 Å². The second-order valence-corrected chi connectivity index (χ2v) is 9.51. The lowest BCUT2D eigenvalue weighted by atomic mass is 10.1. The maximum Gasteiger partial charge on any atom is 0.210 e. The number of hydrogen-bond donors (Lipinski definition) is 1. The largest absolute Gasteiger partial charge is 0.354 e. The number of nitrogens with zero attached hydrogens (tertiary/aromatic N) is 1. The molecule has 6 heteroatoms. The van der Waals surface area contributed by atoms with Crippen LogP contribution >= 0.6 is 11.6 Å². The molecule has 0 bridgehead atoms. The Morgan fingerprint density at radius 2 is 1.67 bits per heavy atom. The molecule has 0 aliphatic heterocycles. The minimum absolute atomic E-state index is 0.131. The monoisotopic (exact) mass is 436 g/mol. The SMILES string of the molecule is CCc1ccc2ncc(S(=O)(=O)c3ccc(Cl)cc3)c(Nc3ccc(C)cc3)c2c1. The molecule has 0 saturated carbocycles. The van der Waals surface area contributed by atoms with E-state index >= 15 is 0 Å². The van der Waals surface area contributed by atoms with Crippen molar-refractivity contribution in [2.75, 3.05) is 5.32 Å². The van der Waals surface area contributed by atoms with Gasteiger partial charge in [-0.2, -0.15) is 0 Å². The van der Waals surface area contributed by atoms with E-state index in [-0.39, 0.29) is 9.79 Å². The molecule has 0 unspecified atom stereocenters. The zero-order chi connectivity index (χ0) is 21.3. The average Bonchev–Trinajstić information content (AvgIpc) is 2.75. The predicted octanol–water partition coefficient (Wildman–Crippen LogP) is 6.34. The summed E-state index contributed by atoms with van der Waals surface area (Å²) in [6.45, 7) is 4.07. The van der Waals surface area contributed by atoms with Crippen LogP contribution in [0.25, 0.3) is 10.9 Å². The predicted molar refractivity (Wildman–Crippen MR) is 122 cm³/mol. The minimum Gasteiger partial charge on any atom is -0.354 e. The number of nitrogens with one attached hydrogen (secondary N) is 1. The number of aromatic nitrogens is 1. The summed E-state index contributed by atoms with van der Waals surface area (Å²) >= 11 is 5.95. The van der Waals surface area contributed by atoms with Gasteiger partial charge in [-0.1, -0.05) is 42.3 Å². The molecule has 0 aliphatic rings. The zero-order valence-electron chi connectivity index (χ0n) is 16.7. The smallest absolute Gasteiger partial charge is 0.210 e. The number of rotatable bonds is 5. The van der Waals surface area contributed by atoms with Crippen molar-refractivity contribution in [1.29, 1.82) is 0 Å². The van der Waals surface area contributed by atoms with Crippen LogP contribution in [0.5, 0.6) is 0 Å². The summed E-state index contributed by atoms with van der Waals surface area (Å²) in [5.74, 6) is 0. The van der Waals surface area contributed by atoms with E-state index in [0.717, 1.165) is 34.1 Å². The third-order valence-electron chi connectivity index (χ3n) is 5.04. The van der Waals surface area contributed by atoms with E-state index in [4.69, 9.17) is 11.6 Å². The van der Waals surface area contributed by atoms with Crippen molar-refractivity contribution >= 4 is 43.7 Å². The molecule has 30 heavy (non-hydrogen) atoms. The molecule has 3 aromatic carbocycles. The fourth-order valence-corrected chi connectivity index (χ4v) is 4.79. The Morgan fingerprint density at radius 3 is 2.33 bits per heavy atom. The van der Waals surface area contributed by atoms with Crippen LogP contribution in [0.4, 0.5) is 11.4 Å². The summed E-state index contributed by atoms with van der Waals surface area (Å²) in [5, 5.41) is 4.59. The molecule has 152 valence electrons. The minimum atomic E-state index is -3.81. The van der Waals surface area contributed by atoms with Gasteiger partial charge >= 0.3 is 0 Å². The first-order valence-corrected chi connectivity index (χ1v) is 11.5. The van der Waals surface area contributed by atoms with Crippen LogP contribution in [0, 0.1) is 6.92 Å². The number of anilines is 2. The lowest BCUT2D eigenvalue weighted by molar-refractivity contribution is 0.596. The van der Waals surface area contributed by atoms with Gasteiger partial charge in [0.15, 0.2) is 0 Å². The molecule has 0 saturated heterocycles. The molecule has 4 aromatic rings. The third kappa shape index (κ3) is 3.91. The maximum atomic E-state index is 13.5. The number of fused-ring (bicyclic) bond motifs is 1. The van der Waals surface area contributed by atoms with E-state index in [0.29, 0.717) is 10.7 Å². The topological polar surface area (TPSA) is 59.1 Å². The van der Waals surface area contributed by atoms with E-state index < -0.39 is 9.84 Å². The Bertz CT molecular complexity index is 1320. The van der Waals surface area contributed by atoms with Crippen LogP contribution in [0.2, 0.25) is 5.02 Å². The number of sulfone groups is 1. The Morgan fingerprint density at radius 1 is 0.967 bits per heavy atom. The number of pyridine rings is 1. The van der Waals surface area contributed by atoms with Gasteiger partial charge in [-0.05, 0) is 67.4 Å². The highest BCUT2D eigenvalue weighted by Gasteiger charge is 2.24. The Labute approximate surface area is 181 Å². The molecule has 0 spiro atoms. The molecule has 0 fully saturated rings. The van der Waals surface area contributed by atoms with Gasteiger partial charge in [0.1, 0.15) is 4.90 Å². The highest BCUT2D eigenvalue weighted by molar-refractivity contribution is 7.91. The van der Waals surface area contributed by atoms with E-state index in [2.05, 4.69) is 17.2 Å². The first-order valence-electron chi connectivity index (χ1n) is 9.64. The van der Waals surface area contributed by atoms with Gasteiger partial charge in [0, 0.05) is 22.3 Å². The second-order valence-electron chi connectivity index (χ2n) is 7.15. The van der Waals surface area contributed by atoms with Crippen molar-refractivity contribution in [3.63, 3.8) is 0 Å². The molecule has 0 radical (unpaired) electrons. The lowest BCUT2D eigenvalue weighted by Crippen LogP contribution is -2.07. The van der Waals surface area contributed by atoms with E-state index in [1.165, 1.54) is 18.3 Å². The maximum absolute atomic E-state index is 13.5. The van der Waals surface area contributed by atoms with Crippen molar-refractivity contribution in [1.82, 2.24) is 4.98 Å². The lowest BCUT2D eigenvalue weighted by Gasteiger charge is -2.16. The first kappa shape index (κ1) is 20.4. The van der Waals surface area contributed by atoms with Crippen molar-refractivity contribution in [3.8, 4) is 0 Å². The first-order chi connectivity index (χ1) is 14.4. The normalized spacial score (nSPS) is 11.6. The van der Waals surface area contributed by atoms with Crippen LogP contribution in [0.1, 0.15) is 18.1 Å². The fraction of sp³-hybridized carbons (Fsp3) is 0.125. The number of halogens is 1. The number of benzene rings is 3. The van der Waals surface area contributed by atoms with E-state index in [9.17, 15) is 8.42 Å². The molecule has 4 nitrogen and oxygen atoms in total. The molecular formula is C24H21ClN2O2S. The van der Waals surface area contributed by atoms with Gasteiger partial charge in [-0.15, -0.1) is 0 Å². The van der Waals surface area contributed by atoms with Gasteiger partial charge in [0.2, 0.25) is 9.84 Å². The standard InChI is InChI=1S/C24H21ClN2O2S/c1-3-17-6-13-22-21(14-17)24(27-19-9-4-16(2)5-10-19)23(15-26-22)30(28,29)20-11-7-18(25)8-12-20/h4-15H,3H2,1-2H3,(H,26,27). The molecule has 0 amide bonds. The van der Waals surface area contributed by atoms with Crippen LogP contribution in [-0.4, -0.2) is 13.4 Å². The van der Waals surface area contributed by atoms with Crippen LogP contribution in [-0.2, 0) is 16.3 Å². The average molecular weight is 437 g/mol. The quantitative estimate of drug-likeness (QED) is 0.396. The fourth-order valence-electron chi connectivity index (χ4n) is 3.30. The van der Waals surface area contributed by atoms with Gasteiger partial charge in [0.25, 0.3) is 0 Å². The Hall–Kier alpha value is -2.89. The van der Waals surface area contributed by atoms with E-state index in [1.807, 2.05) is 49.4 Å². The highest BCUT2D eigenvalue weighted by atomic mass is 35.5. The van der Waals surface area contributed by atoms with Gasteiger partial charge in [-0.25, -0.2) is 8.42 Å². The van der Waals surface area contributed by atoms with Crippen molar-refractivity contribution in [2.24, 2.45) is 0 Å². The molecule has 1 aromatic heterocycles. The molecule has 0 atom stereocenters. The third-order valence-corrected chi connectivity index (χ3v) is 7.07. The summed E-state index contributed by atoms with van der Waals surface area (Å²) in [7, 11) is -3.81. The zero-order valence-corrected chi connectivity index (χ0v) is 18.3. The molecule has 1 N–H and O–H groups in total. The molecule has 4 rings (SSSR count). The second kappa shape index (κ2) is 8.09.